The Labute approximate surface area is 221 Å². The molecule has 40 heavy (non-hydrogen) atoms. The van der Waals surface area contributed by atoms with Crippen LogP contribution < -0.4 is 5.32 Å². The second-order valence-corrected chi connectivity index (χ2v) is 8.67. The van der Waals surface area contributed by atoms with Gasteiger partial charge in [-0.05, 0) is 46.9 Å². The molecule has 0 atom stereocenters. The molecule has 1 aromatic heterocycles. The van der Waals surface area contributed by atoms with E-state index < -0.39 is 71.2 Å². The summed E-state index contributed by atoms with van der Waals surface area (Å²) in [5.74, 6) is -10.4. The normalized spacial score (nSPS) is 14.9. The Morgan fingerprint density at radius 1 is 0.450 bits per heavy atom. The van der Waals surface area contributed by atoms with E-state index in [0.29, 0.717) is 3.57 Å². The molecule has 2 rings (SSSR count). The number of hydrogen-bond acceptors (Lipinski definition) is 4. The molecule has 0 amide bonds. The molecule has 1 N–H and O–H groups in total. The van der Waals surface area contributed by atoms with Crippen molar-refractivity contribution in [2.24, 2.45) is 0 Å². The molecule has 0 spiro atoms. The van der Waals surface area contributed by atoms with Crippen LogP contribution in [0.5, 0.6) is 0 Å². The van der Waals surface area contributed by atoms with Gasteiger partial charge in [-0.15, -0.1) is 0 Å². The third-order valence-corrected chi connectivity index (χ3v) is 5.68. The van der Waals surface area contributed by atoms with Crippen LogP contribution in [-0.2, 0) is 10.8 Å². The Balaban J connectivity index is 3.26. The van der Waals surface area contributed by atoms with Crippen LogP contribution in [0.15, 0.2) is 24.3 Å². The van der Waals surface area contributed by atoms with Crippen molar-refractivity contribution >= 4 is 34.2 Å². The van der Waals surface area contributed by atoms with Crippen molar-refractivity contribution in [2.45, 2.75) is 47.9 Å². The average molecular weight is 734 g/mol. The van der Waals surface area contributed by atoms with Gasteiger partial charge in [-0.25, -0.2) is 4.98 Å². The fourth-order valence-electron chi connectivity index (χ4n) is 3.15. The lowest BCUT2D eigenvalue weighted by molar-refractivity contribution is -0.391. The van der Waals surface area contributed by atoms with E-state index >= 15 is 0 Å². The van der Waals surface area contributed by atoms with E-state index in [4.69, 9.17) is 0 Å². The van der Waals surface area contributed by atoms with Crippen molar-refractivity contribution in [2.75, 3.05) is 5.32 Å². The van der Waals surface area contributed by atoms with Gasteiger partial charge < -0.3 is 5.32 Å². The molecule has 0 saturated heterocycles. The van der Waals surface area contributed by atoms with Crippen LogP contribution in [0.25, 0.3) is 0 Å². The van der Waals surface area contributed by atoms with Gasteiger partial charge in [0.15, 0.2) is 11.6 Å². The summed E-state index contributed by atoms with van der Waals surface area (Å²) < 4.78 is 244. The number of nitrogens with zero attached hydrogens (tertiary/aromatic N) is 3. The number of nitrogens with one attached hydrogen (secondary N) is 1. The van der Waals surface area contributed by atoms with E-state index in [-0.39, 0.29) is 0 Å². The second kappa shape index (κ2) is 9.80. The van der Waals surface area contributed by atoms with E-state index in [2.05, 4.69) is 9.97 Å². The van der Waals surface area contributed by atoms with Crippen molar-refractivity contribution in [3.63, 3.8) is 0 Å². The topological polar surface area (TPSA) is 50.7 Å². The lowest BCUT2D eigenvalue weighted by Crippen LogP contribution is -2.66. The maximum atomic E-state index is 13.6. The van der Waals surface area contributed by atoms with E-state index in [1.54, 1.807) is 22.6 Å². The maximum absolute atomic E-state index is 13.6. The molecule has 0 radical (unpaired) electrons. The zero-order chi connectivity index (χ0) is 31.5. The van der Waals surface area contributed by atoms with E-state index in [1.165, 1.54) is 10.3 Å². The van der Waals surface area contributed by atoms with Crippen molar-refractivity contribution in [3.8, 4) is 0 Å². The first-order chi connectivity index (χ1) is 17.6. The van der Waals surface area contributed by atoms with E-state index in [9.17, 15) is 79.0 Å². The first-order valence-electron chi connectivity index (χ1n) is 9.25. The zero-order valence-electron chi connectivity index (χ0n) is 17.8. The lowest BCUT2D eigenvalue weighted by Gasteiger charge is -2.39. The molecule has 0 aliphatic rings. The number of halogens is 19. The molecule has 0 bridgehead atoms. The van der Waals surface area contributed by atoms with Gasteiger partial charge in [0.1, 0.15) is 0 Å². The zero-order valence-corrected chi connectivity index (χ0v) is 20.0. The minimum Gasteiger partial charge on any atom is -0.324 e. The first kappa shape index (κ1) is 33.7. The highest BCUT2D eigenvalue weighted by molar-refractivity contribution is 14.1. The van der Waals surface area contributed by atoms with Gasteiger partial charge in [0.05, 0.1) is 0 Å². The van der Waals surface area contributed by atoms with E-state index in [0.717, 1.165) is 24.3 Å². The highest BCUT2D eigenvalue weighted by Crippen LogP contribution is 2.62. The molecule has 4 nitrogen and oxygen atoms in total. The Bertz CT molecular complexity index is 1060. The monoisotopic (exact) mass is 734 g/mol. The Morgan fingerprint density at radius 3 is 0.975 bits per heavy atom. The summed E-state index contributed by atoms with van der Waals surface area (Å²) >= 11 is 1.59. The fraction of sp³-hybridized carbons (Fsp3) is 0.471. The van der Waals surface area contributed by atoms with Gasteiger partial charge >= 0.3 is 47.9 Å². The molecule has 0 aliphatic heterocycles. The number of alkyl halides is 18. The minimum atomic E-state index is -7.74. The molecule has 0 unspecified atom stereocenters. The number of benzene rings is 1. The van der Waals surface area contributed by atoms with Crippen LogP contribution in [0.3, 0.4) is 0 Å². The fourth-order valence-corrected chi connectivity index (χ4v) is 3.51. The van der Waals surface area contributed by atoms with Crippen LogP contribution in [0.1, 0.15) is 11.6 Å². The molecule has 0 saturated carbocycles. The van der Waals surface area contributed by atoms with Crippen molar-refractivity contribution < 1.29 is 79.0 Å². The number of aromatic nitrogens is 3. The molecular formula is C17H5F18IN4. The highest BCUT2D eigenvalue weighted by atomic mass is 127. The smallest absolute Gasteiger partial charge is 0.324 e. The number of anilines is 2. The molecule has 0 fully saturated rings. The molecular weight excluding hydrogens is 729 g/mol. The molecule has 1 aromatic carbocycles. The summed E-state index contributed by atoms with van der Waals surface area (Å²) in [5.41, 5.74) is -15.7. The summed E-state index contributed by atoms with van der Waals surface area (Å²) in [4.78, 5) is 5.52. The molecule has 226 valence electrons. The van der Waals surface area contributed by atoms with Gasteiger partial charge in [-0.3, -0.25) is 0 Å². The highest BCUT2D eigenvalue weighted by Gasteiger charge is 2.89. The number of rotatable bonds is 4. The quantitative estimate of drug-likeness (QED) is 0.255. The van der Waals surface area contributed by atoms with E-state index in [1.807, 2.05) is 0 Å². The first-order valence-corrected chi connectivity index (χ1v) is 10.3. The summed E-state index contributed by atoms with van der Waals surface area (Å²) in [6.07, 6.45) is -46.4. The Kier molecular flexibility index (Phi) is 8.26. The van der Waals surface area contributed by atoms with Gasteiger partial charge in [-0.2, -0.15) is 89.0 Å². The van der Waals surface area contributed by atoms with Crippen LogP contribution >= 0.6 is 22.6 Å². The summed E-state index contributed by atoms with van der Waals surface area (Å²) in [7, 11) is 0. The lowest BCUT2D eigenvalue weighted by atomic mass is 9.82. The Hall–Kier alpha value is -2.50. The van der Waals surface area contributed by atoms with Crippen molar-refractivity contribution in [3.05, 3.63) is 39.5 Å². The van der Waals surface area contributed by atoms with Crippen LogP contribution in [0.2, 0.25) is 0 Å². The third kappa shape index (κ3) is 5.27. The van der Waals surface area contributed by atoms with Gasteiger partial charge in [0, 0.05) is 9.26 Å². The average Bonchev–Trinajstić information content (AvgIpc) is 2.63. The van der Waals surface area contributed by atoms with Crippen LogP contribution in [0, 0.1) is 3.57 Å². The Morgan fingerprint density at radius 2 is 0.725 bits per heavy atom. The summed E-state index contributed by atoms with van der Waals surface area (Å²) in [6, 6.07) is 3.59. The second-order valence-electron chi connectivity index (χ2n) is 7.42. The van der Waals surface area contributed by atoms with Crippen molar-refractivity contribution in [1.82, 2.24) is 15.0 Å². The molecule has 0 aliphatic carbocycles. The predicted molar refractivity (Wildman–Crippen MR) is 102 cm³/mol. The maximum Gasteiger partial charge on any atom is 0.419 e. The predicted octanol–water partition coefficient (Wildman–Crippen LogP) is 8.07. The van der Waals surface area contributed by atoms with Crippen LogP contribution in [0.4, 0.5) is 90.7 Å². The molecule has 1 heterocycles. The third-order valence-electron chi connectivity index (χ3n) is 4.96. The van der Waals surface area contributed by atoms with Crippen molar-refractivity contribution in [1.29, 1.82) is 0 Å². The van der Waals surface area contributed by atoms with Gasteiger partial charge in [0.2, 0.25) is 5.95 Å². The largest absolute Gasteiger partial charge is 0.419 e. The summed E-state index contributed by atoms with van der Waals surface area (Å²) in [5, 5.41) is 1.40. The molecule has 23 heteroatoms. The molecule has 2 aromatic rings. The van der Waals surface area contributed by atoms with Gasteiger partial charge in [0.25, 0.3) is 0 Å². The van der Waals surface area contributed by atoms with Crippen LogP contribution in [-0.4, -0.2) is 52.0 Å². The minimum absolute atomic E-state index is 0.302. The van der Waals surface area contributed by atoms with Gasteiger partial charge in [-0.1, -0.05) is 0 Å². The summed E-state index contributed by atoms with van der Waals surface area (Å²) in [6.45, 7) is 0. The number of hydrogen-bond donors (Lipinski definition) is 1. The SMILES string of the molecule is FC(F)(F)C(c1nc(Nc2ccc(I)cc2)nc(C(C(F)(F)F)(C(F)(F)F)C(F)(F)F)n1)(C(F)(F)F)C(F)(F)F. The standard InChI is InChI=1S/C17H5F18IN4/c18-12(19,20)10(13(21,22)23,14(24,25)26)7-38-8(11(15(27,28)29,16(30,31)32)17(33,34)35)40-9(39-7)37-6-3-1-5(36)2-4-6/h1-4H,(H,37,38,39,40).